The molecule has 0 spiro atoms. The first-order chi connectivity index (χ1) is 8.83. The van der Waals surface area contributed by atoms with Gasteiger partial charge in [-0.1, -0.05) is 24.3 Å². The zero-order chi connectivity index (χ0) is 12.4. The van der Waals surface area contributed by atoms with Gasteiger partial charge in [0.15, 0.2) is 0 Å². The van der Waals surface area contributed by atoms with Gasteiger partial charge in [-0.15, -0.1) is 11.3 Å². The van der Waals surface area contributed by atoms with Gasteiger partial charge in [0, 0.05) is 24.0 Å². The lowest BCUT2D eigenvalue weighted by atomic mass is 9.79. The summed E-state index contributed by atoms with van der Waals surface area (Å²) < 4.78 is 0. The lowest BCUT2D eigenvalue weighted by Crippen LogP contribution is -2.35. The minimum Gasteiger partial charge on any atom is -0.327 e. The number of fused-ring (bicyclic) bond motifs is 1. The molecular formula is C15H18N2S. The van der Waals surface area contributed by atoms with Crippen LogP contribution in [0.4, 0.5) is 0 Å². The number of nitrogens with two attached hydrogens (primary N) is 1. The molecule has 1 aliphatic carbocycles. The normalized spacial score (nSPS) is 20.4. The monoisotopic (exact) mass is 258 g/mol. The Balaban J connectivity index is 1.68. The van der Waals surface area contributed by atoms with Gasteiger partial charge in [-0.2, -0.15) is 0 Å². The Morgan fingerprint density at radius 2 is 2.17 bits per heavy atom. The fraction of sp³-hybridized carbons (Fsp3) is 0.400. The second kappa shape index (κ2) is 5.21. The average molecular weight is 258 g/mol. The number of nitrogens with zero attached hydrogens (tertiary/aromatic N) is 1. The van der Waals surface area contributed by atoms with Crippen molar-refractivity contribution >= 4 is 11.3 Å². The van der Waals surface area contributed by atoms with Crippen LogP contribution in [0.2, 0.25) is 0 Å². The van der Waals surface area contributed by atoms with Crippen molar-refractivity contribution in [2.45, 2.75) is 31.7 Å². The van der Waals surface area contributed by atoms with Crippen LogP contribution < -0.4 is 5.73 Å². The van der Waals surface area contributed by atoms with Crippen molar-refractivity contribution in [3.05, 3.63) is 52.0 Å². The van der Waals surface area contributed by atoms with E-state index in [1.54, 1.807) is 11.3 Å². The van der Waals surface area contributed by atoms with Crippen LogP contribution in [-0.2, 0) is 19.3 Å². The van der Waals surface area contributed by atoms with Crippen molar-refractivity contribution < 1.29 is 0 Å². The molecule has 2 nitrogen and oxygen atoms in total. The van der Waals surface area contributed by atoms with Gasteiger partial charge < -0.3 is 5.73 Å². The maximum Gasteiger partial charge on any atom is 0.0940 e. The summed E-state index contributed by atoms with van der Waals surface area (Å²) in [5.41, 5.74) is 9.36. The molecule has 0 fully saturated rings. The molecule has 94 valence electrons. The summed E-state index contributed by atoms with van der Waals surface area (Å²) in [6.45, 7) is 0. The van der Waals surface area contributed by atoms with E-state index in [4.69, 9.17) is 5.73 Å². The molecule has 3 heteroatoms. The van der Waals surface area contributed by atoms with Crippen LogP contribution in [0.15, 0.2) is 35.8 Å². The zero-order valence-corrected chi connectivity index (χ0v) is 11.2. The number of aryl methyl sites for hydroxylation is 1. The maximum absolute atomic E-state index is 6.36. The van der Waals surface area contributed by atoms with Crippen molar-refractivity contribution in [2.75, 3.05) is 0 Å². The third kappa shape index (κ3) is 2.47. The highest BCUT2D eigenvalue weighted by Gasteiger charge is 2.24. The first-order valence-corrected chi connectivity index (χ1v) is 7.41. The summed E-state index contributed by atoms with van der Waals surface area (Å²) in [4.78, 5) is 4.33. The highest BCUT2D eigenvalue weighted by molar-refractivity contribution is 7.09. The Kier molecular flexibility index (Phi) is 3.43. The molecule has 1 aromatic carbocycles. The van der Waals surface area contributed by atoms with Gasteiger partial charge in [0.05, 0.1) is 5.01 Å². The Morgan fingerprint density at radius 3 is 2.94 bits per heavy atom. The molecule has 0 aliphatic heterocycles. The molecule has 3 rings (SSSR count). The van der Waals surface area contributed by atoms with Gasteiger partial charge in [0.25, 0.3) is 0 Å². The van der Waals surface area contributed by atoms with Crippen LogP contribution >= 0.6 is 11.3 Å². The molecule has 0 saturated heterocycles. The molecule has 0 saturated carbocycles. The third-order valence-corrected chi connectivity index (χ3v) is 4.69. The molecular weight excluding hydrogens is 240 g/mol. The van der Waals surface area contributed by atoms with E-state index in [0.717, 1.165) is 12.8 Å². The molecule has 2 unspecified atom stereocenters. The van der Waals surface area contributed by atoms with E-state index in [1.165, 1.54) is 29.0 Å². The molecule has 1 aromatic heterocycles. The molecule has 0 bridgehead atoms. The van der Waals surface area contributed by atoms with E-state index >= 15 is 0 Å². The largest absolute Gasteiger partial charge is 0.327 e. The van der Waals surface area contributed by atoms with Crippen molar-refractivity contribution in [3.8, 4) is 0 Å². The van der Waals surface area contributed by atoms with Crippen LogP contribution in [0.25, 0.3) is 0 Å². The van der Waals surface area contributed by atoms with Gasteiger partial charge >= 0.3 is 0 Å². The number of aromatic nitrogens is 1. The molecule has 0 radical (unpaired) electrons. The van der Waals surface area contributed by atoms with Crippen LogP contribution in [0.3, 0.4) is 0 Å². The Morgan fingerprint density at radius 1 is 1.33 bits per heavy atom. The van der Waals surface area contributed by atoms with Gasteiger partial charge in [0.1, 0.15) is 0 Å². The number of benzene rings is 1. The maximum atomic E-state index is 6.36. The summed E-state index contributed by atoms with van der Waals surface area (Å²) in [5.74, 6) is 0.601. The van der Waals surface area contributed by atoms with E-state index in [0.29, 0.717) is 5.92 Å². The molecule has 1 heterocycles. The first-order valence-electron chi connectivity index (χ1n) is 6.53. The van der Waals surface area contributed by atoms with Crippen LogP contribution in [0.5, 0.6) is 0 Å². The predicted octanol–water partition coefficient (Wildman–Crippen LogP) is 2.82. The van der Waals surface area contributed by atoms with Gasteiger partial charge in [-0.3, -0.25) is 0 Å². The number of rotatable bonds is 3. The summed E-state index contributed by atoms with van der Waals surface area (Å²) in [7, 11) is 0. The molecule has 2 N–H and O–H groups in total. The van der Waals surface area contributed by atoms with E-state index in [2.05, 4.69) is 29.2 Å². The topological polar surface area (TPSA) is 38.9 Å². The fourth-order valence-corrected chi connectivity index (χ4v) is 3.50. The van der Waals surface area contributed by atoms with Crippen LogP contribution in [0.1, 0.15) is 22.6 Å². The quantitative estimate of drug-likeness (QED) is 0.919. The minimum absolute atomic E-state index is 0.240. The van der Waals surface area contributed by atoms with E-state index in [-0.39, 0.29) is 6.04 Å². The highest BCUT2D eigenvalue weighted by atomic mass is 32.1. The predicted molar refractivity (Wildman–Crippen MR) is 75.8 cm³/mol. The summed E-state index contributed by atoms with van der Waals surface area (Å²) in [6.07, 6.45) is 6.30. The molecule has 2 aromatic rings. The first kappa shape index (κ1) is 11.9. The second-order valence-corrected chi connectivity index (χ2v) is 6.04. The minimum atomic E-state index is 0.240. The number of thiazole rings is 1. The Labute approximate surface area is 112 Å². The van der Waals surface area contributed by atoms with E-state index < -0.39 is 0 Å². The third-order valence-electron chi connectivity index (χ3n) is 3.88. The summed E-state index contributed by atoms with van der Waals surface area (Å²) in [5, 5.41) is 3.19. The Hall–Kier alpha value is -1.19. The SMILES string of the molecule is NC(Cc1nccs1)C1CCc2ccccc2C1. The highest BCUT2D eigenvalue weighted by Crippen LogP contribution is 2.28. The average Bonchev–Trinajstić information content (AvgIpc) is 2.91. The van der Waals surface area contributed by atoms with Crippen molar-refractivity contribution in [3.63, 3.8) is 0 Å². The van der Waals surface area contributed by atoms with Crippen LogP contribution in [0, 0.1) is 5.92 Å². The van der Waals surface area contributed by atoms with Crippen LogP contribution in [-0.4, -0.2) is 11.0 Å². The standard InChI is InChI=1S/C15H18N2S/c16-14(10-15-17-7-8-18-15)13-6-5-11-3-1-2-4-12(11)9-13/h1-4,7-8,13-14H,5-6,9-10,16H2. The van der Waals surface area contributed by atoms with Crippen molar-refractivity contribution in [1.29, 1.82) is 0 Å². The van der Waals surface area contributed by atoms with Crippen molar-refractivity contribution in [1.82, 2.24) is 4.98 Å². The number of hydrogen-bond donors (Lipinski definition) is 1. The number of hydrogen-bond acceptors (Lipinski definition) is 3. The molecule has 18 heavy (non-hydrogen) atoms. The molecule has 1 aliphatic rings. The van der Waals surface area contributed by atoms with Gasteiger partial charge in [0.2, 0.25) is 0 Å². The second-order valence-electron chi connectivity index (χ2n) is 5.07. The van der Waals surface area contributed by atoms with Gasteiger partial charge in [-0.25, -0.2) is 4.98 Å². The zero-order valence-electron chi connectivity index (χ0n) is 10.4. The van der Waals surface area contributed by atoms with E-state index in [1.807, 2.05) is 11.6 Å². The molecule has 0 amide bonds. The van der Waals surface area contributed by atoms with E-state index in [9.17, 15) is 0 Å². The lowest BCUT2D eigenvalue weighted by Gasteiger charge is -2.28. The Bertz CT molecular complexity index is 507. The molecule has 2 atom stereocenters. The summed E-state index contributed by atoms with van der Waals surface area (Å²) in [6, 6.07) is 9.00. The smallest absolute Gasteiger partial charge is 0.0940 e. The lowest BCUT2D eigenvalue weighted by molar-refractivity contribution is 0.372. The summed E-state index contributed by atoms with van der Waals surface area (Å²) >= 11 is 1.71. The van der Waals surface area contributed by atoms with Gasteiger partial charge in [-0.05, 0) is 36.3 Å². The fourth-order valence-electron chi connectivity index (χ4n) is 2.81. The van der Waals surface area contributed by atoms with Crippen molar-refractivity contribution in [2.24, 2.45) is 11.7 Å².